The lowest BCUT2D eigenvalue weighted by Crippen LogP contribution is -2.45. The Kier molecular flexibility index (Phi) is 4.00. The van der Waals surface area contributed by atoms with Gasteiger partial charge in [-0.25, -0.2) is 0 Å². The molecule has 5 heteroatoms. The molecule has 1 spiro atoms. The summed E-state index contributed by atoms with van der Waals surface area (Å²) < 4.78 is 5.57. The molecule has 1 aromatic carbocycles. The highest BCUT2D eigenvalue weighted by Gasteiger charge is 2.50. The minimum Gasteiger partial charge on any atom is -0.428 e. The Morgan fingerprint density at radius 3 is 2.43 bits per heavy atom. The Morgan fingerprint density at radius 2 is 1.91 bits per heavy atom. The summed E-state index contributed by atoms with van der Waals surface area (Å²) in [7, 11) is 0. The first kappa shape index (κ1) is 16.1. The molecular formula is C18H21NO3S. The van der Waals surface area contributed by atoms with Gasteiger partial charge in [0.15, 0.2) is 0 Å². The third-order valence-corrected chi connectivity index (χ3v) is 5.63. The lowest BCUT2D eigenvalue weighted by molar-refractivity contribution is -0.137. The van der Waals surface area contributed by atoms with Crippen molar-refractivity contribution in [2.75, 3.05) is 11.5 Å². The molecule has 3 rings (SSSR count). The van der Waals surface area contributed by atoms with Crippen LogP contribution in [0.3, 0.4) is 0 Å². The molecule has 2 heterocycles. The summed E-state index contributed by atoms with van der Waals surface area (Å²) in [6.45, 7) is 7.41. The lowest BCUT2D eigenvalue weighted by atomic mass is 9.90. The molecule has 1 fully saturated rings. The first-order valence-corrected chi connectivity index (χ1v) is 8.91. The summed E-state index contributed by atoms with van der Waals surface area (Å²) in [6, 6.07) is 4.12. The number of thioether (sulfide) groups is 1. The normalized spacial score (nSPS) is 23.6. The van der Waals surface area contributed by atoms with Crippen molar-refractivity contribution < 1.29 is 14.3 Å². The molecule has 0 aliphatic carbocycles. The summed E-state index contributed by atoms with van der Waals surface area (Å²) in [5, 5.41) is 3.09. The van der Waals surface area contributed by atoms with Gasteiger partial charge in [0.25, 0.3) is 5.91 Å². The Morgan fingerprint density at radius 1 is 1.26 bits per heavy atom. The van der Waals surface area contributed by atoms with Crippen LogP contribution in [0.15, 0.2) is 17.9 Å². The summed E-state index contributed by atoms with van der Waals surface area (Å²) >= 11 is 1.77. The maximum absolute atomic E-state index is 12.7. The van der Waals surface area contributed by atoms with Crippen molar-refractivity contribution in [3.63, 3.8) is 0 Å². The average Bonchev–Trinajstić information content (AvgIpc) is 2.98. The van der Waals surface area contributed by atoms with Crippen LogP contribution in [-0.2, 0) is 14.3 Å². The fraction of sp³-hybridized carbons (Fsp3) is 0.444. The van der Waals surface area contributed by atoms with Crippen LogP contribution in [0.4, 0.5) is 0 Å². The van der Waals surface area contributed by atoms with Gasteiger partial charge in [-0.15, -0.1) is 0 Å². The van der Waals surface area contributed by atoms with Crippen LogP contribution >= 0.6 is 11.8 Å². The molecule has 1 unspecified atom stereocenters. The fourth-order valence-corrected chi connectivity index (χ4v) is 4.95. The molecule has 122 valence electrons. The number of benzene rings is 1. The number of amides is 1. The van der Waals surface area contributed by atoms with Crippen molar-refractivity contribution in [3.05, 3.63) is 40.1 Å². The number of esters is 1. The van der Waals surface area contributed by atoms with E-state index in [1.165, 1.54) is 6.92 Å². The zero-order valence-electron chi connectivity index (χ0n) is 13.9. The molecule has 2 aliphatic rings. The zero-order valence-corrected chi connectivity index (χ0v) is 14.7. The van der Waals surface area contributed by atoms with E-state index in [-0.39, 0.29) is 11.9 Å². The molecule has 1 aromatic rings. The molecule has 23 heavy (non-hydrogen) atoms. The molecule has 1 N–H and O–H groups in total. The molecular weight excluding hydrogens is 310 g/mol. The largest absolute Gasteiger partial charge is 0.428 e. The smallest absolute Gasteiger partial charge is 0.307 e. The van der Waals surface area contributed by atoms with E-state index in [1.54, 1.807) is 11.8 Å². The first-order chi connectivity index (χ1) is 10.8. The Bertz CT molecular complexity index is 707. The number of nitrogens with one attached hydrogen (secondary N) is 1. The number of hydrogen-bond acceptors (Lipinski definition) is 4. The molecule has 4 nitrogen and oxygen atoms in total. The summed E-state index contributed by atoms with van der Waals surface area (Å²) in [6.07, 6.45) is 0.791. The minimum absolute atomic E-state index is 0.140. The van der Waals surface area contributed by atoms with Gasteiger partial charge in [-0.1, -0.05) is 17.7 Å². The maximum Gasteiger partial charge on any atom is 0.307 e. The SMILES string of the molecule is CC(=O)OC1=C(c2c(C)cc(C)cc2C)C(=O)NC12CCSC2. The van der Waals surface area contributed by atoms with E-state index >= 15 is 0 Å². The molecule has 0 aromatic heterocycles. The summed E-state index contributed by atoms with van der Waals surface area (Å²) in [4.78, 5) is 24.4. The fourth-order valence-electron chi connectivity index (χ4n) is 3.62. The van der Waals surface area contributed by atoms with E-state index in [0.29, 0.717) is 11.3 Å². The second-order valence-corrected chi connectivity index (χ2v) is 7.52. The van der Waals surface area contributed by atoms with E-state index < -0.39 is 5.54 Å². The van der Waals surface area contributed by atoms with Gasteiger partial charge in [-0.05, 0) is 49.6 Å². The van der Waals surface area contributed by atoms with E-state index in [0.717, 1.165) is 40.2 Å². The van der Waals surface area contributed by atoms with Crippen LogP contribution in [0.1, 0.15) is 35.6 Å². The van der Waals surface area contributed by atoms with Gasteiger partial charge in [-0.2, -0.15) is 11.8 Å². The van der Waals surface area contributed by atoms with Gasteiger partial charge in [0, 0.05) is 12.7 Å². The third-order valence-electron chi connectivity index (χ3n) is 4.44. The predicted octanol–water partition coefficient (Wildman–Crippen LogP) is 2.89. The van der Waals surface area contributed by atoms with Crippen molar-refractivity contribution >= 4 is 29.2 Å². The van der Waals surface area contributed by atoms with Gasteiger partial charge >= 0.3 is 5.97 Å². The number of rotatable bonds is 2. The van der Waals surface area contributed by atoms with Gasteiger partial charge in [-0.3, -0.25) is 9.59 Å². The average molecular weight is 331 g/mol. The third kappa shape index (κ3) is 2.67. The first-order valence-electron chi connectivity index (χ1n) is 7.76. The highest BCUT2D eigenvalue weighted by molar-refractivity contribution is 7.99. The standard InChI is InChI=1S/C18H21NO3S/c1-10-7-11(2)14(12(3)8-10)15-16(22-13(4)20)18(19-17(15)21)5-6-23-9-18/h7-8H,5-6,9H2,1-4H3,(H,19,21). The van der Waals surface area contributed by atoms with E-state index in [4.69, 9.17) is 4.74 Å². The minimum atomic E-state index is -0.535. The Balaban J connectivity index is 2.24. The van der Waals surface area contributed by atoms with Crippen LogP contribution in [0, 0.1) is 20.8 Å². The van der Waals surface area contributed by atoms with Crippen molar-refractivity contribution in [2.24, 2.45) is 0 Å². The monoisotopic (exact) mass is 331 g/mol. The lowest BCUT2D eigenvalue weighted by Gasteiger charge is -2.25. The Labute approximate surface area is 140 Å². The van der Waals surface area contributed by atoms with Gasteiger partial charge in [0.1, 0.15) is 11.3 Å². The summed E-state index contributed by atoms with van der Waals surface area (Å²) in [5.74, 6) is 1.68. The topological polar surface area (TPSA) is 55.4 Å². The van der Waals surface area contributed by atoms with Gasteiger partial charge in [0.05, 0.1) is 5.57 Å². The quantitative estimate of drug-likeness (QED) is 0.847. The highest BCUT2D eigenvalue weighted by atomic mass is 32.2. The molecule has 1 atom stereocenters. The van der Waals surface area contributed by atoms with Crippen LogP contribution in [-0.4, -0.2) is 28.9 Å². The molecule has 1 saturated heterocycles. The predicted molar refractivity (Wildman–Crippen MR) is 92.2 cm³/mol. The van der Waals surface area contributed by atoms with Crippen molar-refractivity contribution in [3.8, 4) is 0 Å². The van der Waals surface area contributed by atoms with Crippen LogP contribution < -0.4 is 5.32 Å². The maximum atomic E-state index is 12.7. The number of aryl methyl sites for hydroxylation is 3. The molecule has 2 aliphatic heterocycles. The molecule has 1 amide bonds. The Hall–Kier alpha value is -1.75. The number of hydrogen-bond donors (Lipinski definition) is 1. The zero-order chi connectivity index (χ0) is 16.8. The second-order valence-electron chi connectivity index (χ2n) is 6.41. The van der Waals surface area contributed by atoms with E-state index in [2.05, 4.69) is 17.4 Å². The number of carbonyl (C=O) groups excluding carboxylic acids is 2. The number of ether oxygens (including phenoxy) is 1. The van der Waals surface area contributed by atoms with Crippen molar-refractivity contribution in [1.82, 2.24) is 5.32 Å². The second kappa shape index (κ2) is 5.71. The van der Waals surface area contributed by atoms with E-state index in [1.807, 2.05) is 20.8 Å². The van der Waals surface area contributed by atoms with Crippen LogP contribution in [0.25, 0.3) is 5.57 Å². The van der Waals surface area contributed by atoms with Crippen molar-refractivity contribution in [2.45, 2.75) is 39.7 Å². The van der Waals surface area contributed by atoms with Crippen LogP contribution in [0.5, 0.6) is 0 Å². The molecule has 0 bridgehead atoms. The summed E-state index contributed by atoms with van der Waals surface area (Å²) in [5.41, 5.74) is 4.09. The molecule has 0 radical (unpaired) electrons. The van der Waals surface area contributed by atoms with Crippen LogP contribution in [0.2, 0.25) is 0 Å². The number of carbonyl (C=O) groups is 2. The van der Waals surface area contributed by atoms with Gasteiger partial charge in [0.2, 0.25) is 0 Å². The van der Waals surface area contributed by atoms with E-state index in [9.17, 15) is 9.59 Å². The molecule has 0 saturated carbocycles. The van der Waals surface area contributed by atoms with Gasteiger partial charge < -0.3 is 10.1 Å². The van der Waals surface area contributed by atoms with Crippen molar-refractivity contribution in [1.29, 1.82) is 0 Å². The highest BCUT2D eigenvalue weighted by Crippen LogP contribution is 2.44.